The van der Waals surface area contributed by atoms with Crippen molar-refractivity contribution >= 4 is 0 Å². The first-order valence-electron chi connectivity index (χ1n) is 6.23. The zero-order valence-electron chi connectivity index (χ0n) is 10.7. The predicted molar refractivity (Wildman–Crippen MR) is 72.8 cm³/mol. The third-order valence-electron chi connectivity index (χ3n) is 3.15. The van der Waals surface area contributed by atoms with Crippen LogP contribution in [0.4, 0.5) is 4.39 Å². The van der Waals surface area contributed by atoms with Crippen LogP contribution in [0.3, 0.4) is 0 Å². The highest BCUT2D eigenvalue weighted by atomic mass is 19.1. The van der Waals surface area contributed by atoms with Crippen LogP contribution in [0, 0.1) is 5.82 Å². The Hall–Kier alpha value is -1.67. The lowest BCUT2D eigenvalue weighted by Crippen LogP contribution is -2.22. The lowest BCUT2D eigenvalue weighted by molar-refractivity contribution is 0.492. The molecule has 0 saturated heterocycles. The largest absolute Gasteiger partial charge is 0.304 e. The van der Waals surface area contributed by atoms with Gasteiger partial charge in [0.15, 0.2) is 0 Å². The molecule has 0 heterocycles. The topological polar surface area (TPSA) is 12.0 Å². The Morgan fingerprint density at radius 1 is 0.833 bits per heavy atom. The molecule has 1 unspecified atom stereocenters. The van der Waals surface area contributed by atoms with Crippen LogP contribution in [0.1, 0.15) is 37.1 Å². The highest BCUT2D eigenvalue weighted by molar-refractivity contribution is 5.22. The lowest BCUT2D eigenvalue weighted by Gasteiger charge is -2.20. The first-order chi connectivity index (χ1) is 8.66. The van der Waals surface area contributed by atoms with Crippen molar-refractivity contribution in [2.45, 2.75) is 25.9 Å². The van der Waals surface area contributed by atoms with Gasteiger partial charge in [-0.3, -0.25) is 0 Å². The molecule has 0 fully saturated rings. The Morgan fingerprint density at radius 3 is 2.11 bits per heavy atom. The second-order valence-electron chi connectivity index (χ2n) is 4.58. The van der Waals surface area contributed by atoms with Crippen LogP contribution in [0.2, 0.25) is 0 Å². The fourth-order valence-electron chi connectivity index (χ4n) is 2.09. The van der Waals surface area contributed by atoms with E-state index >= 15 is 0 Å². The van der Waals surface area contributed by atoms with Crippen molar-refractivity contribution in [3.8, 4) is 0 Å². The van der Waals surface area contributed by atoms with Gasteiger partial charge in [-0.15, -0.1) is 0 Å². The van der Waals surface area contributed by atoms with Gasteiger partial charge in [0, 0.05) is 12.1 Å². The molecule has 0 radical (unpaired) electrons. The van der Waals surface area contributed by atoms with Crippen molar-refractivity contribution in [3.63, 3.8) is 0 Å². The minimum absolute atomic E-state index is 0.121. The van der Waals surface area contributed by atoms with E-state index in [2.05, 4.69) is 24.4 Å². The van der Waals surface area contributed by atoms with E-state index in [0.29, 0.717) is 0 Å². The number of rotatable bonds is 4. The van der Waals surface area contributed by atoms with E-state index in [-0.39, 0.29) is 17.9 Å². The molecule has 0 aliphatic carbocycles. The molecule has 0 amide bonds. The Bertz CT molecular complexity index is 495. The maximum Gasteiger partial charge on any atom is 0.123 e. The fourth-order valence-corrected chi connectivity index (χ4v) is 2.09. The Balaban J connectivity index is 2.05. The first kappa shape index (κ1) is 12.8. The van der Waals surface area contributed by atoms with Crippen molar-refractivity contribution in [3.05, 3.63) is 71.5 Å². The highest BCUT2D eigenvalue weighted by Gasteiger charge is 2.11. The molecule has 0 bridgehead atoms. The maximum absolute atomic E-state index is 13.2. The normalized spacial score (nSPS) is 14.2. The average molecular weight is 243 g/mol. The van der Waals surface area contributed by atoms with Crippen molar-refractivity contribution in [2.24, 2.45) is 0 Å². The van der Waals surface area contributed by atoms with Gasteiger partial charge in [-0.1, -0.05) is 42.5 Å². The number of halogens is 1. The lowest BCUT2D eigenvalue weighted by atomic mass is 10.0. The molecule has 1 nitrogen and oxygen atoms in total. The summed E-state index contributed by atoms with van der Waals surface area (Å²) >= 11 is 0. The van der Waals surface area contributed by atoms with Gasteiger partial charge in [0.25, 0.3) is 0 Å². The summed E-state index contributed by atoms with van der Waals surface area (Å²) in [7, 11) is 0. The van der Waals surface area contributed by atoms with E-state index in [1.54, 1.807) is 12.1 Å². The molecule has 18 heavy (non-hydrogen) atoms. The van der Waals surface area contributed by atoms with Gasteiger partial charge in [-0.25, -0.2) is 4.39 Å². The van der Waals surface area contributed by atoms with Crippen molar-refractivity contribution < 1.29 is 4.39 Å². The van der Waals surface area contributed by atoms with Crippen molar-refractivity contribution in [1.82, 2.24) is 5.32 Å². The van der Waals surface area contributed by atoms with Crippen LogP contribution >= 0.6 is 0 Å². The third-order valence-corrected chi connectivity index (χ3v) is 3.15. The summed E-state index contributed by atoms with van der Waals surface area (Å²) in [6.45, 7) is 4.17. The Kier molecular flexibility index (Phi) is 4.11. The van der Waals surface area contributed by atoms with Gasteiger partial charge in [0.2, 0.25) is 0 Å². The molecule has 2 heteroatoms. The Labute approximate surface area is 108 Å². The summed E-state index contributed by atoms with van der Waals surface area (Å²) < 4.78 is 13.2. The van der Waals surface area contributed by atoms with Crippen molar-refractivity contribution in [2.75, 3.05) is 0 Å². The Morgan fingerprint density at radius 2 is 1.44 bits per heavy atom. The minimum atomic E-state index is -0.187. The zero-order valence-corrected chi connectivity index (χ0v) is 10.7. The van der Waals surface area contributed by atoms with Gasteiger partial charge in [0.05, 0.1) is 0 Å². The van der Waals surface area contributed by atoms with E-state index in [9.17, 15) is 4.39 Å². The predicted octanol–water partition coefficient (Wildman–Crippen LogP) is 4.24. The van der Waals surface area contributed by atoms with E-state index < -0.39 is 0 Å². The smallest absolute Gasteiger partial charge is 0.123 e. The van der Waals surface area contributed by atoms with Gasteiger partial charge >= 0.3 is 0 Å². The molecule has 2 aromatic rings. The molecule has 0 aliphatic heterocycles. The van der Waals surface area contributed by atoms with Gasteiger partial charge in [0.1, 0.15) is 5.82 Å². The molecule has 0 aromatic heterocycles. The highest BCUT2D eigenvalue weighted by Crippen LogP contribution is 2.19. The van der Waals surface area contributed by atoms with Crippen molar-refractivity contribution in [1.29, 1.82) is 0 Å². The SMILES string of the molecule is CC(N[C@H](C)c1ccccc1)c1cccc(F)c1. The first-order valence-corrected chi connectivity index (χ1v) is 6.23. The molecule has 1 N–H and O–H groups in total. The van der Waals surface area contributed by atoms with E-state index in [0.717, 1.165) is 5.56 Å². The molecule has 0 spiro atoms. The van der Waals surface area contributed by atoms with Crippen LogP contribution in [-0.4, -0.2) is 0 Å². The fraction of sp³-hybridized carbons (Fsp3) is 0.250. The molecule has 94 valence electrons. The molecule has 0 saturated carbocycles. The molecule has 2 atom stereocenters. The van der Waals surface area contributed by atoms with Crippen LogP contribution in [0.25, 0.3) is 0 Å². The van der Waals surface area contributed by atoms with E-state index in [4.69, 9.17) is 0 Å². The summed E-state index contributed by atoms with van der Waals surface area (Å²) in [6, 6.07) is 17.3. The second-order valence-corrected chi connectivity index (χ2v) is 4.58. The van der Waals surface area contributed by atoms with Crippen LogP contribution in [-0.2, 0) is 0 Å². The quantitative estimate of drug-likeness (QED) is 0.847. The third kappa shape index (κ3) is 3.17. The number of nitrogens with one attached hydrogen (secondary N) is 1. The maximum atomic E-state index is 13.2. The summed E-state index contributed by atoms with van der Waals surface area (Å²) in [6.07, 6.45) is 0. The van der Waals surface area contributed by atoms with E-state index in [1.807, 2.05) is 31.2 Å². The van der Waals surface area contributed by atoms with Crippen LogP contribution < -0.4 is 5.32 Å². The number of hydrogen-bond donors (Lipinski definition) is 1. The van der Waals surface area contributed by atoms with Crippen LogP contribution in [0.15, 0.2) is 54.6 Å². The van der Waals surface area contributed by atoms with Gasteiger partial charge in [-0.2, -0.15) is 0 Å². The standard InChI is InChI=1S/C16H18FN/c1-12(14-7-4-3-5-8-14)18-13(2)15-9-6-10-16(17)11-15/h3-13,18H,1-2H3/t12-,13?/m1/s1. The monoisotopic (exact) mass is 243 g/mol. The van der Waals surface area contributed by atoms with Crippen LogP contribution in [0.5, 0.6) is 0 Å². The molecule has 2 rings (SSSR count). The second kappa shape index (κ2) is 5.78. The number of hydrogen-bond acceptors (Lipinski definition) is 1. The zero-order chi connectivity index (χ0) is 13.0. The minimum Gasteiger partial charge on any atom is -0.304 e. The summed E-state index contributed by atoms with van der Waals surface area (Å²) in [5.74, 6) is -0.187. The van der Waals surface area contributed by atoms with Gasteiger partial charge in [-0.05, 0) is 37.1 Å². The number of benzene rings is 2. The summed E-state index contributed by atoms with van der Waals surface area (Å²) in [4.78, 5) is 0. The molecule has 2 aromatic carbocycles. The summed E-state index contributed by atoms with van der Waals surface area (Å²) in [5, 5.41) is 3.47. The average Bonchev–Trinajstić information content (AvgIpc) is 2.39. The molecular weight excluding hydrogens is 225 g/mol. The van der Waals surface area contributed by atoms with E-state index in [1.165, 1.54) is 11.6 Å². The van der Waals surface area contributed by atoms with Gasteiger partial charge < -0.3 is 5.32 Å². The molecular formula is C16H18FN. The summed E-state index contributed by atoms with van der Waals surface area (Å²) in [5.41, 5.74) is 2.21. The molecule has 0 aliphatic rings.